The summed E-state index contributed by atoms with van der Waals surface area (Å²) in [6.45, 7) is 0. The van der Waals surface area contributed by atoms with Gasteiger partial charge in [0.05, 0.1) is 17.6 Å². The Bertz CT molecular complexity index is 776. The van der Waals surface area contributed by atoms with Gasteiger partial charge >= 0.3 is 5.97 Å². The van der Waals surface area contributed by atoms with Gasteiger partial charge in [-0.15, -0.1) is 0 Å². The first-order chi connectivity index (χ1) is 9.82. The quantitative estimate of drug-likeness (QED) is 0.938. The highest BCUT2D eigenvalue weighted by Crippen LogP contribution is 2.30. The molecule has 1 N–H and O–H groups in total. The van der Waals surface area contributed by atoms with Crippen molar-refractivity contribution < 1.29 is 23.1 Å². The van der Waals surface area contributed by atoms with Gasteiger partial charge in [0.2, 0.25) is 0 Å². The van der Waals surface area contributed by atoms with Crippen LogP contribution < -0.4 is 4.74 Å². The summed E-state index contributed by atoms with van der Waals surface area (Å²) in [5.74, 6) is -0.473. The van der Waals surface area contributed by atoms with Gasteiger partial charge in [-0.25, -0.2) is 13.2 Å². The first-order valence-electron chi connectivity index (χ1n) is 6.05. The van der Waals surface area contributed by atoms with Crippen molar-refractivity contribution in [2.24, 2.45) is 0 Å². The highest BCUT2D eigenvalue weighted by atomic mass is 32.2. The second-order valence-corrected chi connectivity index (χ2v) is 6.50. The van der Waals surface area contributed by atoms with Gasteiger partial charge in [0.1, 0.15) is 5.75 Å². The topological polar surface area (TPSA) is 80.7 Å². The van der Waals surface area contributed by atoms with Crippen molar-refractivity contribution in [3.8, 4) is 16.9 Å². The lowest BCUT2D eigenvalue weighted by molar-refractivity contribution is 0.0697. The zero-order valence-electron chi connectivity index (χ0n) is 11.5. The molecule has 2 aromatic carbocycles. The highest BCUT2D eigenvalue weighted by molar-refractivity contribution is 7.90. The number of carboxylic acid groups (broad SMARTS) is 1. The molecule has 2 rings (SSSR count). The number of sulfone groups is 1. The van der Waals surface area contributed by atoms with E-state index in [1.165, 1.54) is 25.3 Å². The van der Waals surface area contributed by atoms with Crippen LogP contribution in [0.15, 0.2) is 47.4 Å². The monoisotopic (exact) mass is 306 g/mol. The second kappa shape index (κ2) is 5.57. The summed E-state index contributed by atoms with van der Waals surface area (Å²) in [7, 11) is -1.93. The SMILES string of the molecule is COc1ccc(-c2cc(C(=O)O)ccc2S(C)(=O)=O)cc1. The van der Waals surface area contributed by atoms with Crippen molar-refractivity contribution in [1.29, 1.82) is 0 Å². The van der Waals surface area contributed by atoms with Crippen LogP contribution in [0.1, 0.15) is 10.4 Å². The summed E-state index contributed by atoms with van der Waals surface area (Å²) in [6.07, 6.45) is 1.09. The number of hydrogen-bond acceptors (Lipinski definition) is 4. The molecule has 0 unspecified atom stereocenters. The average molecular weight is 306 g/mol. The molecule has 2 aromatic rings. The molecule has 21 heavy (non-hydrogen) atoms. The minimum atomic E-state index is -3.46. The van der Waals surface area contributed by atoms with Crippen molar-refractivity contribution in [3.63, 3.8) is 0 Å². The van der Waals surface area contributed by atoms with Crippen LogP contribution in [-0.4, -0.2) is 32.9 Å². The summed E-state index contributed by atoms with van der Waals surface area (Å²) in [6, 6.07) is 10.7. The van der Waals surface area contributed by atoms with E-state index in [0.29, 0.717) is 16.9 Å². The molecule has 0 amide bonds. The minimum absolute atomic E-state index is 0.0354. The van der Waals surface area contributed by atoms with Crippen LogP contribution >= 0.6 is 0 Å². The number of methoxy groups -OCH3 is 1. The number of rotatable bonds is 4. The largest absolute Gasteiger partial charge is 0.497 e. The van der Waals surface area contributed by atoms with Gasteiger partial charge < -0.3 is 9.84 Å². The van der Waals surface area contributed by atoms with Crippen LogP contribution in [-0.2, 0) is 9.84 Å². The highest BCUT2D eigenvalue weighted by Gasteiger charge is 2.17. The maximum atomic E-state index is 11.9. The first kappa shape index (κ1) is 15.1. The van der Waals surface area contributed by atoms with E-state index in [-0.39, 0.29) is 10.5 Å². The predicted molar refractivity (Wildman–Crippen MR) is 78.5 cm³/mol. The van der Waals surface area contributed by atoms with Crippen LogP contribution in [0.5, 0.6) is 5.75 Å². The van der Waals surface area contributed by atoms with E-state index in [0.717, 1.165) is 6.26 Å². The first-order valence-corrected chi connectivity index (χ1v) is 7.94. The molecule has 0 spiro atoms. The molecule has 0 atom stereocenters. The van der Waals surface area contributed by atoms with Gasteiger partial charge in [-0.2, -0.15) is 0 Å². The Labute approximate surface area is 122 Å². The van der Waals surface area contributed by atoms with E-state index in [1.54, 1.807) is 24.3 Å². The third-order valence-corrected chi connectivity index (χ3v) is 4.18. The van der Waals surface area contributed by atoms with E-state index in [4.69, 9.17) is 9.84 Å². The summed E-state index contributed by atoms with van der Waals surface area (Å²) in [5.41, 5.74) is 1.01. The smallest absolute Gasteiger partial charge is 0.335 e. The Balaban J connectivity index is 2.67. The van der Waals surface area contributed by atoms with Crippen molar-refractivity contribution in [2.75, 3.05) is 13.4 Å². The van der Waals surface area contributed by atoms with E-state index < -0.39 is 15.8 Å². The van der Waals surface area contributed by atoms with Gasteiger partial charge in [0, 0.05) is 11.8 Å². The zero-order chi connectivity index (χ0) is 15.6. The lowest BCUT2D eigenvalue weighted by atomic mass is 10.0. The fraction of sp³-hybridized carbons (Fsp3) is 0.133. The molecule has 0 saturated heterocycles. The van der Waals surface area contributed by atoms with Crippen molar-refractivity contribution >= 4 is 15.8 Å². The molecule has 6 heteroatoms. The Hall–Kier alpha value is -2.34. The number of aromatic carboxylic acids is 1. The number of benzene rings is 2. The molecule has 0 radical (unpaired) electrons. The van der Waals surface area contributed by atoms with E-state index >= 15 is 0 Å². The zero-order valence-corrected chi connectivity index (χ0v) is 12.3. The van der Waals surface area contributed by atoms with Crippen LogP contribution in [0.2, 0.25) is 0 Å². The molecule has 0 fully saturated rings. The molecule has 0 aliphatic heterocycles. The Morgan fingerprint density at radius 2 is 1.71 bits per heavy atom. The fourth-order valence-electron chi connectivity index (χ4n) is 1.98. The summed E-state index contributed by atoms with van der Waals surface area (Å²) < 4.78 is 28.8. The minimum Gasteiger partial charge on any atom is -0.497 e. The van der Waals surface area contributed by atoms with Crippen molar-refractivity contribution in [3.05, 3.63) is 48.0 Å². The summed E-state index contributed by atoms with van der Waals surface area (Å²) in [4.78, 5) is 11.2. The maximum absolute atomic E-state index is 11.9. The van der Waals surface area contributed by atoms with E-state index in [2.05, 4.69) is 0 Å². The molecule has 0 aromatic heterocycles. The van der Waals surface area contributed by atoms with Gasteiger partial charge in [0.15, 0.2) is 9.84 Å². The number of ether oxygens (including phenoxy) is 1. The lowest BCUT2D eigenvalue weighted by Crippen LogP contribution is -2.03. The van der Waals surface area contributed by atoms with E-state index in [1.807, 2.05) is 0 Å². The Kier molecular flexibility index (Phi) is 3.99. The molecule has 110 valence electrons. The van der Waals surface area contributed by atoms with Crippen LogP contribution in [0, 0.1) is 0 Å². The van der Waals surface area contributed by atoms with E-state index in [9.17, 15) is 13.2 Å². The van der Waals surface area contributed by atoms with Crippen LogP contribution in [0.25, 0.3) is 11.1 Å². The van der Waals surface area contributed by atoms with Gasteiger partial charge in [-0.3, -0.25) is 0 Å². The van der Waals surface area contributed by atoms with Gasteiger partial charge in [0.25, 0.3) is 0 Å². The van der Waals surface area contributed by atoms with Crippen LogP contribution in [0.4, 0.5) is 0 Å². The third kappa shape index (κ3) is 3.22. The molecule has 0 bridgehead atoms. The predicted octanol–water partition coefficient (Wildman–Crippen LogP) is 2.46. The molecule has 0 heterocycles. The molecular weight excluding hydrogens is 292 g/mol. The normalized spacial score (nSPS) is 11.1. The van der Waals surface area contributed by atoms with Crippen molar-refractivity contribution in [1.82, 2.24) is 0 Å². The Morgan fingerprint density at radius 1 is 1.10 bits per heavy atom. The fourth-order valence-corrected chi connectivity index (χ4v) is 2.87. The second-order valence-electron chi connectivity index (χ2n) is 4.52. The number of carboxylic acids is 1. The average Bonchev–Trinajstić information content (AvgIpc) is 2.45. The standard InChI is InChI=1S/C15H14O5S/c1-20-12-6-3-10(4-7-12)13-9-11(15(16)17)5-8-14(13)21(2,18)19/h3-9H,1-2H3,(H,16,17). The molecule has 5 nitrogen and oxygen atoms in total. The third-order valence-electron chi connectivity index (χ3n) is 3.03. The number of carbonyl (C=O) groups is 1. The molecule has 0 aliphatic rings. The summed E-state index contributed by atoms with van der Waals surface area (Å²) in [5, 5.41) is 9.06. The summed E-state index contributed by atoms with van der Waals surface area (Å²) >= 11 is 0. The van der Waals surface area contributed by atoms with Gasteiger partial charge in [-0.05, 0) is 35.9 Å². The molecular formula is C15H14O5S. The molecule has 0 saturated carbocycles. The maximum Gasteiger partial charge on any atom is 0.335 e. The van der Waals surface area contributed by atoms with Crippen LogP contribution in [0.3, 0.4) is 0 Å². The van der Waals surface area contributed by atoms with Crippen molar-refractivity contribution in [2.45, 2.75) is 4.90 Å². The molecule has 0 aliphatic carbocycles. The lowest BCUT2D eigenvalue weighted by Gasteiger charge is -2.10. The van der Waals surface area contributed by atoms with Gasteiger partial charge in [-0.1, -0.05) is 12.1 Å². The Morgan fingerprint density at radius 3 is 2.19 bits per heavy atom. The number of hydrogen-bond donors (Lipinski definition) is 1.